The number of amides is 2. The van der Waals surface area contributed by atoms with Gasteiger partial charge in [-0.3, -0.25) is 14.4 Å². The number of carbonyl (C=O) groups is 3. The normalized spacial score (nSPS) is 16.3. The number of nitrogens with zero attached hydrogens (tertiary/aromatic N) is 1. The van der Waals surface area contributed by atoms with Crippen LogP contribution >= 0.6 is 11.6 Å². The first-order chi connectivity index (χ1) is 14.5. The summed E-state index contributed by atoms with van der Waals surface area (Å²) < 4.78 is 5.31. The van der Waals surface area contributed by atoms with E-state index < -0.39 is 12.0 Å². The number of rotatable bonds is 12. The highest BCUT2D eigenvalue weighted by Gasteiger charge is 2.36. The van der Waals surface area contributed by atoms with E-state index in [4.69, 9.17) is 16.3 Å². The molecule has 7 heteroatoms. The van der Waals surface area contributed by atoms with Crippen LogP contribution in [-0.2, 0) is 14.3 Å². The fraction of sp³-hybridized carbons (Fsp3) is 0.609. The number of piperazine rings is 1. The zero-order chi connectivity index (χ0) is 21.8. The van der Waals surface area contributed by atoms with Crippen molar-refractivity contribution in [2.45, 2.75) is 70.8 Å². The number of nitrogens with one attached hydrogen (secondary N) is 1. The van der Waals surface area contributed by atoms with Crippen LogP contribution in [0.15, 0.2) is 24.3 Å². The van der Waals surface area contributed by atoms with Crippen LogP contribution < -0.4 is 5.32 Å². The van der Waals surface area contributed by atoms with Gasteiger partial charge in [-0.25, -0.2) is 0 Å². The van der Waals surface area contributed by atoms with Gasteiger partial charge in [0.15, 0.2) is 0 Å². The third-order valence-corrected chi connectivity index (χ3v) is 5.65. The molecule has 0 radical (unpaired) electrons. The van der Waals surface area contributed by atoms with Crippen LogP contribution in [0, 0.1) is 0 Å². The SMILES string of the molecule is CCCCCCCCCCOC(=O)CC1C(=O)NCCN1C(=O)c1ccccc1Cl. The average molecular weight is 437 g/mol. The maximum Gasteiger partial charge on any atom is 0.308 e. The van der Waals surface area contributed by atoms with Crippen molar-refractivity contribution in [2.75, 3.05) is 19.7 Å². The first-order valence-corrected chi connectivity index (χ1v) is 11.4. The summed E-state index contributed by atoms with van der Waals surface area (Å²) in [4.78, 5) is 38.9. The summed E-state index contributed by atoms with van der Waals surface area (Å²) in [5.41, 5.74) is 0.325. The molecular weight excluding hydrogens is 404 g/mol. The van der Waals surface area contributed by atoms with Crippen molar-refractivity contribution >= 4 is 29.4 Å². The second-order valence-electron chi connectivity index (χ2n) is 7.68. The Morgan fingerprint density at radius 2 is 1.77 bits per heavy atom. The van der Waals surface area contributed by atoms with Gasteiger partial charge in [-0.05, 0) is 18.6 Å². The minimum atomic E-state index is -0.881. The van der Waals surface area contributed by atoms with Crippen molar-refractivity contribution in [2.24, 2.45) is 0 Å². The number of carbonyl (C=O) groups excluding carboxylic acids is 3. The number of hydrogen-bond acceptors (Lipinski definition) is 4. The molecule has 1 aliphatic rings. The van der Waals surface area contributed by atoms with E-state index in [0.29, 0.717) is 30.3 Å². The summed E-state index contributed by atoms with van der Waals surface area (Å²) in [5, 5.41) is 3.04. The third-order valence-electron chi connectivity index (χ3n) is 5.32. The summed E-state index contributed by atoms with van der Waals surface area (Å²) in [5.74, 6) is -1.15. The maximum absolute atomic E-state index is 12.9. The molecule has 0 aromatic heterocycles. The van der Waals surface area contributed by atoms with Gasteiger partial charge >= 0.3 is 5.97 Å². The van der Waals surface area contributed by atoms with Crippen molar-refractivity contribution in [3.8, 4) is 0 Å². The van der Waals surface area contributed by atoms with Crippen LogP contribution in [-0.4, -0.2) is 48.4 Å². The van der Waals surface area contributed by atoms with Crippen LogP contribution in [0.5, 0.6) is 0 Å². The van der Waals surface area contributed by atoms with E-state index >= 15 is 0 Å². The van der Waals surface area contributed by atoms with E-state index in [2.05, 4.69) is 12.2 Å². The molecule has 0 spiro atoms. The number of halogens is 1. The number of unbranched alkanes of at least 4 members (excludes halogenated alkanes) is 7. The van der Waals surface area contributed by atoms with Gasteiger partial charge < -0.3 is 15.0 Å². The summed E-state index contributed by atoms with van der Waals surface area (Å²) >= 11 is 6.13. The van der Waals surface area contributed by atoms with E-state index in [1.165, 1.54) is 37.0 Å². The molecule has 1 fully saturated rings. The number of hydrogen-bond donors (Lipinski definition) is 1. The van der Waals surface area contributed by atoms with Gasteiger partial charge in [0, 0.05) is 13.1 Å². The second kappa shape index (κ2) is 13.3. The Balaban J connectivity index is 1.78. The molecule has 2 amide bonds. The van der Waals surface area contributed by atoms with E-state index in [9.17, 15) is 14.4 Å². The van der Waals surface area contributed by atoms with Crippen LogP contribution in [0.2, 0.25) is 5.02 Å². The van der Waals surface area contributed by atoms with Gasteiger partial charge in [0.05, 0.1) is 23.6 Å². The molecule has 2 rings (SSSR count). The van der Waals surface area contributed by atoms with Crippen LogP contribution in [0.25, 0.3) is 0 Å². The molecule has 0 saturated carbocycles. The number of ether oxygens (including phenoxy) is 1. The molecule has 1 saturated heterocycles. The van der Waals surface area contributed by atoms with Crippen molar-refractivity contribution in [3.63, 3.8) is 0 Å². The lowest BCUT2D eigenvalue weighted by atomic mass is 10.1. The quantitative estimate of drug-likeness (QED) is 0.390. The predicted molar refractivity (Wildman–Crippen MR) is 117 cm³/mol. The van der Waals surface area contributed by atoms with E-state index in [0.717, 1.165) is 19.3 Å². The highest BCUT2D eigenvalue weighted by atomic mass is 35.5. The maximum atomic E-state index is 12.9. The van der Waals surface area contributed by atoms with Gasteiger partial charge in [-0.2, -0.15) is 0 Å². The standard InChI is InChI=1S/C23H33ClN2O4/c1-2-3-4-5-6-7-8-11-16-30-21(27)17-20-22(28)25-14-15-26(20)23(29)18-12-9-10-13-19(18)24/h9-10,12-13,20H,2-8,11,14-17H2,1H3,(H,25,28). The lowest BCUT2D eigenvalue weighted by Gasteiger charge is -2.34. The van der Waals surface area contributed by atoms with E-state index in [-0.39, 0.29) is 18.2 Å². The van der Waals surface area contributed by atoms with Gasteiger partial charge in [-0.15, -0.1) is 0 Å². The first kappa shape index (κ1) is 24.2. The summed E-state index contributed by atoms with van der Waals surface area (Å²) in [6.45, 7) is 3.22. The lowest BCUT2D eigenvalue weighted by molar-refractivity contribution is -0.147. The fourth-order valence-electron chi connectivity index (χ4n) is 3.59. The predicted octanol–water partition coefficient (Wildman–Crippen LogP) is 4.35. The molecule has 1 heterocycles. The summed E-state index contributed by atoms with van der Waals surface area (Å²) in [7, 11) is 0. The van der Waals surface area contributed by atoms with Gasteiger partial charge in [0.25, 0.3) is 5.91 Å². The molecule has 30 heavy (non-hydrogen) atoms. The molecule has 0 bridgehead atoms. The summed E-state index contributed by atoms with van der Waals surface area (Å²) in [6.07, 6.45) is 9.15. The van der Waals surface area contributed by atoms with Crippen LogP contribution in [0.4, 0.5) is 0 Å². The Kier molecular flexibility index (Phi) is 10.7. The third kappa shape index (κ3) is 7.63. The molecular formula is C23H33ClN2O4. The monoisotopic (exact) mass is 436 g/mol. The number of benzene rings is 1. The van der Waals surface area contributed by atoms with Crippen molar-refractivity contribution in [3.05, 3.63) is 34.9 Å². The Morgan fingerprint density at radius 3 is 2.47 bits per heavy atom. The number of esters is 1. The zero-order valence-corrected chi connectivity index (χ0v) is 18.6. The first-order valence-electron chi connectivity index (χ1n) is 11.0. The van der Waals surface area contributed by atoms with Gasteiger partial charge in [-0.1, -0.05) is 75.6 Å². The van der Waals surface area contributed by atoms with Gasteiger partial charge in [0.1, 0.15) is 6.04 Å². The summed E-state index contributed by atoms with van der Waals surface area (Å²) in [6, 6.07) is 5.83. The van der Waals surface area contributed by atoms with E-state index in [1.54, 1.807) is 24.3 Å². The Labute approximate surface area is 184 Å². The largest absolute Gasteiger partial charge is 0.466 e. The molecule has 166 valence electrons. The minimum Gasteiger partial charge on any atom is -0.466 e. The minimum absolute atomic E-state index is 0.154. The Morgan fingerprint density at radius 1 is 1.10 bits per heavy atom. The molecule has 1 aliphatic heterocycles. The Bertz CT molecular complexity index is 710. The molecule has 6 nitrogen and oxygen atoms in total. The smallest absolute Gasteiger partial charge is 0.308 e. The second-order valence-corrected chi connectivity index (χ2v) is 8.09. The average Bonchev–Trinajstić information content (AvgIpc) is 2.74. The van der Waals surface area contributed by atoms with Crippen molar-refractivity contribution in [1.82, 2.24) is 10.2 Å². The van der Waals surface area contributed by atoms with Crippen molar-refractivity contribution in [1.29, 1.82) is 0 Å². The highest BCUT2D eigenvalue weighted by Crippen LogP contribution is 2.20. The topological polar surface area (TPSA) is 75.7 Å². The fourth-order valence-corrected chi connectivity index (χ4v) is 3.81. The van der Waals surface area contributed by atoms with Gasteiger partial charge in [0.2, 0.25) is 5.91 Å². The molecule has 1 aromatic carbocycles. The zero-order valence-electron chi connectivity index (χ0n) is 17.8. The Hall–Kier alpha value is -2.08. The molecule has 1 N–H and O–H groups in total. The van der Waals surface area contributed by atoms with Crippen molar-refractivity contribution < 1.29 is 19.1 Å². The van der Waals surface area contributed by atoms with Crippen LogP contribution in [0.3, 0.4) is 0 Å². The molecule has 1 atom stereocenters. The molecule has 0 aliphatic carbocycles. The molecule has 1 aromatic rings. The lowest BCUT2D eigenvalue weighted by Crippen LogP contribution is -2.57. The van der Waals surface area contributed by atoms with E-state index in [1.807, 2.05) is 0 Å². The molecule has 1 unspecified atom stereocenters. The van der Waals surface area contributed by atoms with Crippen LogP contribution in [0.1, 0.15) is 75.1 Å². The highest BCUT2D eigenvalue weighted by molar-refractivity contribution is 6.33.